The maximum Gasteiger partial charge on any atom is 0.144 e. The maximum atomic E-state index is 6.22. The molecule has 0 amide bonds. The summed E-state index contributed by atoms with van der Waals surface area (Å²) in [6, 6.07) is 11.5. The number of anilines is 3. The number of halogens is 1. The first kappa shape index (κ1) is 14.5. The number of benzene rings is 2. The molecular weight excluding hydrogens is 272 g/mol. The van der Waals surface area contributed by atoms with Crippen LogP contribution in [0.2, 0.25) is 5.02 Å². The van der Waals surface area contributed by atoms with Crippen LogP contribution in [-0.2, 0) is 0 Å². The van der Waals surface area contributed by atoms with Gasteiger partial charge in [0.15, 0.2) is 0 Å². The zero-order valence-electron chi connectivity index (χ0n) is 11.9. The van der Waals surface area contributed by atoms with E-state index in [-0.39, 0.29) is 6.10 Å². The molecule has 0 radical (unpaired) electrons. The summed E-state index contributed by atoms with van der Waals surface area (Å²) in [6.45, 7) is 5.94. The van der Waals surface area contributed by atoms with Crippen LogP contribution in [0, 0.1) is 6.92 Å². The summed E-state index contributed by atoms with van der Waals surface area (Å²) < 4.78 is 5.67. The van der Waals surface area contributed by atoms with Crippen LogP contribution >= 0.6 is 11.6 Å². The first-order valence-electron chi connectivity index (χ1n) is 6.55. The van der Waals surface area contributed by atoms with E-state index in [0.29, 0.717) is 16.5 Å². The molecule has 0 bridgehead atoms. The molecular formula is C16H19ClN2O. The quantitative estimate of drug-likeness (QED) is 0.798. The van der Waals surface area contributed by atoms with E-state index in [1.54, 1.807) is 0 Å². The third-order valence-electron chi connectivity index (χ3n) is 2.78. The van der Waals surface area contributed by atoms with Crippen molar-refractivity contribution in [3.05, 3.63) is 47.0 Å². The minimum absolute atomic E-state index is 0.0792. The molecule has 0 heterocycles. The molecule has 2 rings (SSSR count). The van der Waals surface area contributed by atoms with Crippen molar-refractivity contribution in [1.82, 2.24) is 0 Å². The standard InChI is InChI=1S/C16H19ClN2O/c1-10(2)20-16-9-12(5-6-14(16)18)19-15-7-4-11(3)8-13(15)17/h4-10,19H,18H2,1-3H3. The Morgan fingerprint density at radius 3 is 2.55 bits per heavy atom. The number of aryl methyl sites for hydroxylation is 1. The molecule has 106 valence electrons. The van der Waals surface area contributed by atoms with E-state index in [1.165, 1.54) is 0 Å². The largest absolute Gasteiger partial charge is 0.489 e. The Kier molecular flexibility index (Phi) is 4.40. The second-order valence-electron chi connectivity index (χ2n) is 5.03. The number of nitrogens with two attached hydrogens (primary N) is 1. The molecule has 0 unspecified atom stereocenters. The highest BCUT2D eigenvalue weighted by atomic mass is 35.5. The number of rotatable bonds is 4. The predicted octanol–water partition coefficient (Wildman–Crippen LogP) is 4.76. The molecule has 3 nitrogen and oxygen atoms in total. The van der Waals surface area contributed by atoms with Gasteiger partial charge in [0.05, 0.1) is 22.5 Å². The molecule has 0 aliphatic rings. The minimum atomic E-state index is 0.0792. The second-order valence-corrected chi connectivity index (χ2v) is 5.43. The Balaban J connectivity index is 2.25. The zero-order chi connectivity index (χ0) is 14.7. The average Bonchev–Trinajstić information content (AvgIpc) is 2.36. The highest BCUT2D eigenvalue weighted by Gasteiger charge is 2.06. The molecule has 20 heavy (non-hydrogen) atoms. The second kappa shape index (κ2) is 6.06. The van der Waals surface area contributed by atoms with Gasteiger partial charge >= 0.3 is 0 Å². The number of nitrogens with one attached hydrogen (secondary N) is 1. The maximum absolute atomic E-state index is 6.22. The Hall–Kier alpha value is -1.87. The van der Waals surface area contributed by atoms with E-state index in [9.17, 15) is 0 Å². The molecule has 2 aromatic rings. The van der Waals surface area contributed by atoms with Crippen LogP contribution in [0.1, 0.15) is 19.4 Å². The van der Waals surface area contributed by atoms with Crippen molar-refractivity contribution in [2.24, 2.45) is 0 Å². The number of hydrogen-bond donors (Lipinski definition) is 2. The van der Waals surface area contributed by atoms with Gasteiger partial charge in [-0.1, -0.05) is 17.7 Å². The van der Waals surface area contributed by atoms with Gasteiger partial charge in [0.25, 0.3) is 0 Å². The monoisotopic (exact) mass is 290 g/mol. The summed E-state index contributed by atoms with van der Waals surface area (Å²) in [4.78, 5) is 0. The third-order valence-corrected chi connectivity index (χ3v) is 3.09. The average molecular weight is 291 g/mol. The van der Waals surface area contributed by atoms with Crippen molar-refractivity contribution in [2.75, 3.05) is 11.1 Å². The van der Waals surface area contributed by atoms with Gasteiger partial charge < -0.3 is 15.8 Å². The minimum Gasteiger partial charge on any atom is -0.489 e. The first-order valence-corrected chi connectivity index (χ1v) is 6.93. The fourth-order valence-corrected chi connectivity index (χ4v) is 2.13. The van der Waals surface area contributed by atoms with Gasteiger partial charge in [-0.15, -0.1) is 0 Å². The lowest BCUT2D eigenvalue weighted by molar-refractivity contribution is 0.244. The zero-order valence-corrected chi connectivity index (χ0v) is 12.7. The summed E-state index contributed by atoms with van der Waals surface area (Å²) in [5.74, 6) is 0.674. The van der Waals surface area contributed by atoms with Crippen molar-refractivity contribution < 1.29 is 4.74 Å². The predicted molar refractivity (Wildman–Crippen MR) is 86.1 cm³/mol. The van der Waals surface area contributed by atoms with Gasteiger partial charge in [-0.2, -0.15) is 0 Å². The normalized spacial score (nSPS) is 10.7. The van der Waals surface area contributed by atoms with Crippen LogP contribution in [0.25, 0.3) is 0 Å². The van der Waals surface area contributed by atoms with E-state index in [4.69, 9.17) is 22.1 Å². The van der Waals surface area contributed by atoms with Crippen LogP contribution in [-0.4, -0.2) is 6.10 Å². The lowest BCUT2D eigenvalue weighted by Crippen LogP contribution is -2.07. The smallest absolute Gasteiger partial charge is 0.144 e. The van der Waals surface area contributed by atoms with Crippen LogP contribution in [0.15, 0.2) is 36.4 Å². The molecule has 0 aliphatic carbocycles. The number of nitrogen functional groups attached to an aromatic ring is 1. The summed E-state index contributed by atoms with van der Waals surface area (Å²) in [5.41, 5.74) is 9.40. The molecule has 0 saturated carbocycles. The molecule has 0 atom stereocenters. The molecule has 2 aromatic carbocycles. The van der Waals surface area contributed by atoms with Gasteiger partial charge in [-0.25, -0.2) is 0 Å². The van der Waals surface area contributed by atoms with Crippen molar-refractivity contribution in [3.63, 3.8) is 0 Å². The molecule has 0 saturated heterocycles. The van der Waals surface area contributed by atoms with Crippen LogP contribution < -0.4 is 15.8 Å². The lowest BCUT2D eigenvalue weighted by Gasteiger charge is -2.15. The van der Waals surface area contributed by atoms with Crippen LogP contribution in [0.5, 0.6) is 5.75 Å². The highest BCUT2D eigenvalue weighted by molar-refractivity contribution is 6.33. The van der Waals surface area contributed by atoms with E-state index >= 15 is 0 Å². The Labute approximate surface area is 124 Å². The fourth-order valence-electron chi connectivity index (χ4n) is 1.85. The Morgan fingerprint density at radius 2 is 1.90 bits per heavy atom. The highest BCUT2D eigenvalue weighted by Crippen LogP contribution is 2.31. The van der Waals surface area contributed by atoms with E-state index in [0.717, 1.165) is 16.9 Å². The van der Waals surface area contributed by atoms with Crippen molar-refractivity contribution in [3.8, 4) is 5.75 Å². The molecule has 0 spiro atoms. The summed E-state index contributed by atoms with van der Waals surface area (Å²) >= 11 is 6.22. The molecule has 4 heteroatoms. The SMILES string of the molecule is Cc1ccc(Nc2ccc(N)c(OC(C)C)c2)c(Cl)c1. The summed E-state index contributed by atoms with van der Waals surface area (Å²) in [6.07, 6.45) is 0.0792. The van der Waals surface area contributed by atoms with E-state index in [1.807, 2.05) is 57.2 Å². The molecule has 3 N–H and O–H groups in total. The first-order chi connectivity index (χ1) is 9.45. The van der Waals surface area contributed by atoms with Gasteiger partial charge in [0.1, 0.15) is 5.75 Å². The Bertz CT molecular complexity index is 611. The Morgan fingerprint density at radius 1 is 1.15 bits per heavy atom. The topological polar surface area (TPSA) is 47.3 Å². The van der Waals surface area contributed by atoms with Gasteiger partial charge in [-0.05, 0) is 50.6 Å². The summed E-state index contributed by atoms with van der Waals surface area (Å²) in [5, 5.41) is 3.96. The van der Waals surface area contributed by atoms with Crippen molar-refractivity contribution in [2.45, 2.75) is 26.9 Å². The van der Waals surface area contributed by atoms with E-state index in [2.05, 4.69) is 5.32 Å². The van der Waals surface area contributed by atoms with Crippen molar-refractivity contribution in [1.29, 1.82) is 0 Å². The molecule has 0 fully saturated rings. The molecule has 0 aliphatic heterocycles. The number of hydrogen-bond acceptors (Lipinski definition) is 3. The van der Waals surface area contributed by atoms with Crippen LogP contribution in [0.4, 0.5) is 17.1 Å². The van der Waals surface area contributed by atoms with E-state index < -0.39 is 0 Å². The van der Waals surface area contributed by atoms with Gasteiger partial charge in [-0.3, -0.25) is 0 Å². The van der Waals surface area contributed by atoms with Crippen molar-refractivity contribution >= 4 is 28.7 Å². The van der Waals surface area contributed by atoms with Gasteiger partial charge in [0, 0.05) is 11.8 Å². The lowest BCUT2D eigenvalue weighted by atomic mass is 10.2. The molecule has 0 aromatic heterocycles. The number of ether oxygens (including phenoxy) is 1. The summed E-state index contributed by atoms with van der Waals surface area (Å²) in [7, 11) is 0. The van der Waals surface area contributed by atoms with Gasteiger partial charge in [0.2, 0.25) is 0 Å². The van der Waals surface area contributed by atoms with Crippen LogP contribution in [0.3, 0.4) is 0 Å². The third kappa shape index (κ3) is 3.58. The fraction of sp³-hybridized carbons (Fsp3) is 0.250.